The van der Waals surface area contributed by atoms with Gasteiger partial charge in [-0.3, -0.25) is 9.89 Å². The molecule has 6 nitrogen and oxygen atoms in total. The van der Waals surface area contributed by atoms with Gasteiger partial charge in [-0.1, -0.05) is 31.5 Å². The predicted molar refractivity (Wildman–Crippen MR) is 125 cm³/mol. The number of hydrogen-bond donors (Lipinski definition) is 2. The molecule has 0 bridgehead atoms. The maximum absolute atomic E-state index is 5.70. The van der Waals surface area contributed by atoms with Crippen molar-refractivity contribution < 1.29 is 4.74 Å². The summed E-state index contributed by atoms with van der Waals surface area (Å²) < 4.78 is 5.70. The lowest BCUT2D eigenvalue weighted by atomic mass is 10.0. The second kappa shape index (κ2) is 12.2. The quantitative estimate of drug-likeness (QED) is 0.504. The van der Waals surface area contributed by atoms with E-state index in [4.69, 9.17) is 4.74 Å². The molecule has 1 unspecified atom stereocenters. The van der Waals surface area contributed by atoms with Crippen molar-refractivity contribution in [3.63, 3.8) is 0 Å². The Morgan fingerprint density at radius 1 is 1.13 bits per heavy atom. The van der Waals surface area contributed by atoms with E-state index < -0.39 is 0 Å². The molecule has 0 aliphatic carbocycles. The maximum atomic E-state index is 5.70. The van der Waals surface area contributed by atoms with E-state index >= 15 is 0 Å². The first-order valence-corrected chi connectivity index (χ1v) is 11.8. The zero-order valence-electron chi connectivity index (χ0n) is 19.2. The fourth-order valence-electron chi connectivity index (χ4n) is 4.81. The van der Waals surface area contributed by atoms with Crippen LogP contribution in [0.25, 0.3) is 0 Å². The van der Waals surface area contributed by atoms with Crippen molar-refractivity contribution in [1.29, 1.82) is 0 Å². The number of likely N-dealkylation sites (tertiary alicyclic amines) is 2. The van der Waals surface area contributed by atoms with Crippen molar-refractivity contribution in [2.75, 3.05) is 53.4 Å². The van der Waals surface area contributed by atoms with E-state index in [-0.39, 0.29) is 6.04 Å². The molecule has 0 spiro atoms. The number of aliphatic imine (C=N–C) groups is 1. The van der Waals surface area contributed by atoms with E-state index in [0.717, 1.165) is 31.3 Å². The molecule has 168 valence electrons. The van der Waals surface area contributed by atoms with Crippen molar-refractivity contribution in [3.8, 4) is 5.75 Å². The number of hydrogen-bond acceptors (Lipinski definition) is 4. The van der Waals surface area contributed by atoms with Crippen LogP contribution in [0.2, 0.25) is 0 Å². The largest absolute Gasteiger partial charge is 0.496 e. The van der Waals surface area contributed by atoms with Gasteiger partial charge in [0.25, 0.3) is 0 Å². The molecule has 0 amide bonds. The Balaban J connectivity index is 1.61. The zero-order valence-corrected chi connectivity index (χ0v) is 19.2. The van der Waals surface area contributed by atoms with Crippen molar-refractivity contribution in [2.45, 2.75) is 57.5 Å². The van der Waals surface area contributed by atoms with Gasteiger partial charge < -0.3 is 20.3 Å². The topological polar surface area (TPSA) is 52.1 Å². The minimum Gasteiger partial charge on any atom is -0.496 e. The molecule has 30 heavy (non-hydrogen) atoms. The highest BCUT2D eigenvalue weighted by Gasteiger charge is 2.26. The molecule has 1 aromatic rings. The van der Waals surface area contributed by atoms with Gasteiger partial charge >= 0.3 is 0 Å². The van der Waals surface area contributed by atoms with Gasteiger partial charge in [-0.25, -0.2) is 0 Å². The Morgan fingerprint density at radius 2 is 1.87 bits per heavy atom. The summed E-state index contributed by atoms with van der Waals surface area (Å²) in [7, 11) is 3.64. The third kappa shape index (κ3) is 6.35. The van der Waals surface area contributed by atoms with Gasteiger partial charge in [0.2, 0.25) is 0 Å². The summed E-state index contributed by atoms with van der Waals surface area (Å²) in [6, 6.07) is 9.24. The van der Waals surface area contributed by atoms with E-state index in [2.05, 4.69) is 56.6 Å². The lowest BCUT2D eigenvalue weighted by Gasteiger charge is -2.36. The Kier molecular flexibility index (Phi) is 9.27. The highest BCUT2D eigenvalue weighted by atomic mass is 16.5. The molecule has 2 fully saturated rings. The number of rotatable bonds is 8. The number of para-hydroxylation sites is 1. The van der Waals surface area contributed by atoms with E-state index in [1.807, 2.05) is 7.05 Å². The second-order valence-electron chi connectivity index (χ2n) is 8.57. The van der Waals surface area contributed by atoms with Crippen LogP contribution in [0.1, 0.15) is 57.1 Å². The number of ether oxygens (including phenoxy) is 1. The molecule has 1 atom stereocenters. The highest BCUT2D eigenvalue weighted by Crippen LogP contribution is 2.30. The average molecular weight is 416 g/mol. The normalized spacial score (nSPS) is 20.7. The van der Waals surface area contributed by atoms with Gasteiger partial charge in [-0.15, -0.1) is 0 Å². The van der Waals surface area contributed by atoms with Crippen molar-refractivity contribution in [1.82, 2.24) is 20.4 Å². The lowest BCUT2D eigenvalue weighted by Crippen LogP contribution is -2.50. The van der Waals surface area contributed by atoms with E-state index in [0.29, 0.717) is 6.04 Å². The molecule has 2 saturated heterocycles. The van der Waals surface area contributed by atoms with E-state index in [1.165, 1.54) is 63.7 Å². The van der Waals surface area contributed by atoms with Crippen LogP contribution >= 0.6 is 0 Å². The summed E-state index contributed by atoms with van der Waals surface area (Å²) in [5.41, 5.74) is 1.26. The van der Waals surface area contributed by atoms with Gasteiger partial charge in [-0.05, 0) is 57.8 Å². The summed E-state index contributed by atoms with van der Waals surface area (Å²) in [5, 5.41) is 7.30. The van der Waals surface area contributed by atoms with Crippen molar-refractivity contribution in [3.05, 3.63) is 29.8 Å². The smallest absolute Gasteiger partial charge is 0.191 e. The van der Waals surface area contributed by atoms with Crippen LogP contribution in [0.5, 0.6) is 5.75 Å². The standard InChI is InChI=1S/C24H41N5O/c1-4-14-28-17-12-20(13-18-28)27-24(25-2)26-19-22(29-15-8-5-9-16-29)21-10-6-7-11-23(21)30-3/h6-7,10-11,20,22H,4-5,8-9,12-19H2,1-3H3,(H2,25,26,27). The number of methoxy groups -OCH3 is 1. The first-order chi connectivity index (χ1) is 14.7. The van der Waals surface area contributed by atoms with Crippen molar-refractivity contribution in [2.24, 2.45) is 4.99 Å². The maximum Gasteiger partial charge on any atom is 0.191 e. The first-order valence-electron chi connectivity index (χ1n) is 11.8. The fourth-order valence-corrected chi connectivity index (χ4v) is 4.81. The van der Waals surface area contributed by atoms with E-state index in [1.54, 1.807) is 7.11 Å². The molecule has 6 heteroatoms. The van der Waals surface area contributed by atoms with Crippen LogP contribution in [0, 0.1) is 0 Å². The number of benzene rings is 1. The van der Waals surface area contributed by atoms with Crippen LogP contribution in [-0.2, 0) is 0 Å². The SMILES string of the molecule is CCCN1CCC(NC(=NC)NCC(c2ccccc2OC)N2CCCCC2)CC1. The summed E-state index contributed by atoms with van der Waals surface area (Å²) in [6.07, 6.45) is 7.49. The van der Waals surface area contributed by atoms with Crippen LogP contribution in [-0.4, -0.2) is 75.2 Å². The molecule has 2 aliphatic heterocycles. The average Bonchev–Trinajstić information content (AvgIpc) is 2.80. The Hall–Kier alpha value is -1.79. The molecular formula is C24H41N5O. The predicted octanol–water partition coefficient (Wildman–Crippen LogP) is 3.26. The highest BCUT2D eigenvalue weighted by molar-refractivity contribution is 5.80. The minimum absolute atomic E-state index is 0.284. The zero-order chi connectivity index (χ0) is 21.2. The van der Waals surface area contributed by atoms with Crippen LogP contribution in [0.15, 0.2) is 29.3 Å². The summed E-state index contributed by atoms with van der Waals surface area (Å²) in [4.78, 5) is 9.70. The molecule has 0 aromatic heterocycles. The van der Waals surface area contributed by atoms with Crippen LogP contribution in [0.3, 0.4) is 0 Å². The number of nitrogens with one attached hydrogen (secondary N) is 2. The lowest BCUT2D eigenvalue weighted by molar-refractivity contribution is 0.161. The van der Waals surface area contributed by atoms with Crippen molar-refractivity contribution >= 4 is 5.96 Å². The first kappa shape index (κ1) is 22.9. The van der Waals surface area contributed by atoms with Crippen LogP contribution in [0.4, 0.5) is 0 Å². The van der Waals surface area contributed by atoms with Gasteiger partial charge in [-0.2, -0.15) is 0 Å². The molecular weight excluding hydrogens is 374 g/mol. The Morgan fingerprint density at radius 3 is 2.53 bits per heavy atom. The number of nitrogens with zero attached hydrogens (tertiary/aromatic N) is 3. The molecule has 2 heterocycles. The monoisotopic (exact) mass is 415 g/mol. The third-order valence-electron chi connectivity index (χ3n) is 6.48. The molecule has 2 aliphatic rings. The molecule has 2 N–H and O–H groups in total. The second-order valence-corrected chi connectivity index (χ2v) is 8.57. The summed E-state index contributed by atoms with van der Waals surface area (Å²) in [5.74, 6) is 1.89. The summed E-state index contributed by atoms with van der Waals surface area (Å²) >= 11 is 0. The molecule has 0 radical (unpaired) electrons. The minimum atomic E-state index is 0.284. The van der Waals surface area contributed by atoms with E-state index in [9.17, 15) is 0 Å². The molecule has 3 rings (SSSR count). The summed E-state index contributed by atoms with van der Waals surface area (Å²) in [6.45, 7) is 8.96. The fraction of sp³-hybridized carbons (Fsp3) is 0.708. The van der Waals surface area contributed by atoms with Crippen LogP contribution < -0.4 is 15.4 Å². The third-order valence-corrected chi connectivity index (χ3v) is 6.48. The Bertz CT molecular complexity index is 651. The van der Waals surface area contributed by atoms with Gasteiger partial charge in [0.05, 0.1) is 13.2 Å². The number of piperidine rings is 2. The Labute approximate surface area is 183 Å². The molecule has 0 saturated carbocycles. The van der Waals surface area contributed by atoms with Gasteiger partial charge in [0.15, 0.2) is 5.96 Å². The van der Waals surface area contributed by atoms with Gasteiger partial charge in [0, 0.05) is 38.3 Å². The van der Waals surface area contributed by atoms with Gasteiger partial charge in [0.1, 0.15) is 5.75 Å². The molecule has 1 aromatic carbocycles. The number of guanidine groups is 1.